The van der Waals surface area contributed by atoms with Gasteiger partial charge in [0.15, 0.2) is 11.5 Å². The molecule has 0 aliphatic heterocycles. The Kier molecular flexibility index (Phi) is 12.4. The zero-order valence-electron chi connectivity index (χ0n) is 24.9. The maximum Gasteiger partial charge on any atom is 0.265 e. The Balaban J connectivity index is 2.17. The number of halogens is 3. The first-order valence-electron chi connectivity index (χ1n) is 13.5. The van der Waals surface area contributed by atoms with Crippen LogP contribution in [0.3, 0.4) is 0 Å². The van der Waals surface area contributed by atoms with Crippen molar-refractivity contribution in [2.24, 2.45) is 0 Å². The molecule has 0 heterocycles. The van der Waals surface area contributed by atoms with Gasteiger partial charge < -0.3 is 24.4 Å². The maximum absolute atomic E-state index is 14.3. The van der Waals surface area contributed by atoms with Crippen molar-refractivity contribution in [1.82, 2.24) is 10.2 Å². The third-order valence-electron chi connectivity index (χ3n) is 6.74. The SMILES string of the molecule is CCCNC(=O)C(C)N(Cc1c(Cl)cccc1Cl)C(=O)CN(c1cc(Cl)ccc1OC)S(=O)(=O)c1ccc(OC)c(OC)c1. The molecular weight excluding hydrogens is 653 g/mol. The van der Waals surface area contributed by atoms with Crippen LogP contribution in [0.4, 0.5) is 5.69 Å². The second-order valence-corrected chi connectivity index (χ2v) is 12.6. The molecule has 3 aromatic rings. The average Bonchev–Trinajstić information content (AvgIpc) is 3.01. The van der Waals surface area contributed by atoms with E-state index in [4.69, 9.17) is 49.0 Å². The molecule has 238 valence electrons. The zero-order valence-corrected chi connectivity index (χ0v) is 28.0. The summed E-state index contributed by atoms with van der Waals surface area (Å²) in [7, 11) is -0.322. The average molecular weight is 687 g/mol. The molecule has 2 amide bonds. The van der Waals surface area contributed by atoms with E-state index in [0.717, 1.165) is 4.31 Å². The van der Waals surface area contributed by atoms with Gasteiger partial charge in [-0.15, -0.1) is 0 Å². The van der Waals surface area contributed by atoms with Crippen molar-refractivity contribution in [3.05, 3.63) is 75.2 Å². The third-order valence-corrected chi connectivity index (χ3v) is 9.44. The highest BCUT2D eigenvalue weighted by atomic mass is 35.5. The number of benzene rings is 3. The fourth-order valence-corrected chi connectivity index (χ4v) is 6.42. The molecule has 3 aromatic carbocycles. The molecule has 1 N–H and O–H groups in total. The predicted octanol–water partition coefficient (Wildman–Crippen LogP) is 5.81. The summed E-state index contributed by atoms with van der Waals surface area (Å²) in [6, 6.07) is 12.3. The van der Waals surface area contributed by atoms with Crippen LogP contribution >= 0.6 is 34.8 Å². The van der Waals surface area contributed by atoms with Gasteiger partial charge in [-0.05, 0) is 55.8 Å². The van der Waals surface area contributed by atoms with Crippen molar-refractivity contribution in [3.8, 4) is 17.2 Å². The maximum atomic E-state index is 14.3. The van der Waals surface area contributed by atoms with E-state index in [1.54, 1.807) is 25.1 Å². The third kappa shape index (κ3) is 8.01. The number of carbonyl (C=O) groups is 2. The van der Waals surface area contributed by atoms with E-state index in [9.17, 15) is 18.0 Å². The Morgan fingerprint density at radius 1 is 0.886 bits per heavy atom. The van der Waals surface area contributed by atoms with E-state index in [0.29, 0.717) is 24.3 Å². The van der Waals surface area contributed by atoms with Crippen molar-refractivity contribution < 1.29 is 32.2 Å². The van der Waals surface area contributed by atoms with E-state index >= 15 is 0 Å². The highest BCUT2D eigenvalue weighted by Crippen LogP contribution is 2.37. The Morgan fingerprint density at radius 2 is 1.50 bits per heavy atom. The molecule has 10 nitrogen and oxygen atoms in total. The number of rotatable bonds is 14. The van der Waals surface area contributed by atoms with E-state index < -0.39 is 34.4 Å². The first-order valence-corrected chi connectivity index (χ1v) is 16.0. The van der Waals surface area contributed by atoms with Gasteiger partial charge in [0.05, 0.1) is 31.9 Å². The van der Waals surface area contributed by atoms with Crippen LogP contribution in [0.5, 0.6) is 17.2 Å². The molecule has 0 aliphatic carbocycles. The van der Waals surface area contributed by atoms with Crippen LogP contribution < -0.4 is 23.8 Å². The van der Waals surface area contributed by atoms with Gasteiger partial charge in [0.25, 0.3) is 10.0 Å². The van der Waals surface area contributed by atoms with Gasteiger partial charge in [0, 0.05) is 39.8 Å². The number of nitrogens with zero attached hydrogens (tertiary/aromatic N) is 2. The molecule has 0 aliphatic rings. The smallest absolute Gasteiger partial charge is 0.265 e. The van der Waals surface area contributed by atoms with Crippen LogP contribution in [-0.4, -0.2) is 65.6 Å². The van der Waals surface area contributed by atoms with E-state index in [2.05, 4.69) is 5.32 Å². The fraction of sp³-hybridized carbons (Fsp3) is 0.333. The second kappa shape index (κ2) is 15.6. The molecule has 1 atom stereocenters. The topological polar surface area (TPSA) is 114 Å². The zero-order chi connectivity index (χ0) is 32.6. The Hall–Kier alpha value is -3.38. The second-order valence-electron chi connectivity index (χ2n) is 9.53. The molecule has 0 aromatic heterocycles. The first-order chi connectivity index (χ1) is 20.9. The molecule has 3 rings (SSSR count). The summed E-state index contributed by atoms with van der Waals surface area (Å²) in [6.45, 7) is 2.92. The molecule has 0 radical (unpaired) electrons. The van der Waals surface area contributed by atoms with Gasteiger partial charge >= 0.3 is 0 Å². The van der Waals surface area contributed by atoms with Crippen LogP contribution in [-0.2, 0) is 26.2 Å². The number of ether oxygens (including phenoxy) is 3. The molecule has 0 bridgehead atoms. The lowest BCUT2D eigenvalue weighted by Crippen LogP contribution is -2.51. The Bertz CT molecular complexity index is 1580. The van der Waals surface area contributed by atoms with Crippen LogP contribution in [0, 0.1) is 0 Å². The molecule has 0 saturated carbocycles. The number of sulfonamides is 1. The lowest BCUT2D eigenvalue weighted by Gasteiger charge is -2.32. The summed E-state index contributed by atoms with van der Waals surface area (Å²) in [4.78, 5) is 28.3. The quantitative estimate of drug-likeness (QED) is 0.228. The molecule has 14 heteroatoms. The molecule has 44 heavy (non-hydrogen) atoms. The molecular formula is C30H34Cl3N3O7S. The highest BCUT2D eigenvalue weighted by molar-refractivity contribution is 7.92. The first kappa shape index (κ1) is 35.1. The Labute approximate surface area is 272 Å². The van der Waals surface area contributed by atoms with Crippen molar-refractivity contribution in [1.29, 1.82) is 0 Å². The van der Waals surface area contributed by atoms with E-state index in [-0.39, 0.29) is 43.7 Å². The number of nitrogens with one attached hydrogen (secondary N) is 1. The number of anilines is 1. The van der Waals surface area contributed by atoms with Gasteiger partial charge in [0.2, 0.25) is 11.8 Å². The minimum Gasteiger partial charge on any atom is -0.495 e. The van der Waals surface area contributed by atoms with Crippen LogP contribution in [0.1, 0.15) is 25.8 Å². The number of carbonyl (C=O) groups excluding carboxylic acids is 2. The molecule has 0 spiro atoms. The molecule has 0 fully saturated rings. The van der Waals surface area contributed by atoms with Gasteiger partial charge in [-0.3, -0.25) is 13.9 Å². The number of methoxy groups -OCH3 is 3. The van der Waals surface area contributed by atoms with Crippen LogP contribution in [0.25, 0.3) is 0 Å². The fourth-order valence-electron chi connectivity index (χ4n) is 4.31. The summed E-state index contributed by atoms with van der Waals surface area (Å²) in [5.74, 6) is -0.539. The van der Waals surface area contributed by atoms with Gasteiger partial charge in [-0.25, -0.2) is 8.42 Å². The van der Waals surface area contributed by atoms with E-state index in [1.807, 2.05) is 6.92 Å². The Morgan fingerprint density at radius 3 is 2.09 bits per heavy atom. The van der Waals surface area contributed by atoms with Gasteiger partial charge in [0.1, 0.15) is 18.3 Å². The summed E-state index contributed by atoms with van der Waals surface area (Å²) in [5.41, 5.74) is 0.399. The number of amides is 2. The summed E-state index contributed by atoms with van der Waals surface area (Å²) < 4.78 is 45.5. The van der Waals surface area contributed by atoms with Gasteiger partial charge in [-0.1, -0.05) is 47.8 Å². The van der Waals surface area contributed by atoms with Crippen molar-refractivity contribution in [3.63, 3.8) is 0 Å². The highest BCUT2D eigenvalue weighted by Gasteiger charge is 2.35. The standard InChI is InChI=1S/C30H34Cl3N3O7S/c1-6-14-34-30(38)19(2)35(17-22-23(32)8-7-9-24(22)33)29(37)18-36(25-15-20(31)10-12-26(25)41-3)44(39,40)21-11-13-27(42-4)28(16-21)43-5/h7-13,15-16,19H,6,14,17-18H2,1-5H3,(H,34,38). The summed E-state index contributed by atoms with van der Waals surface area (Å²) in [6.07, 6.45) is 0.675. The monoisotopic (exact) mass is 685 g/mol. The van der Waals surface area contributed by atoms with Crippen LogP contribution in [0.2, 0.25) is 15.1 Å². The lowest BCUT2D eigenvalue weighted by molar-refractivity contribution is -0.139. The number of hydrogen-bond donors (Lipinski definition) is 1. The lowest BCUT2D eigenvalue weighted by atomic mass is 10.1. The van der Waals surface area contributed by atoms with Crippen molar-refractivity contribution in [2.75, 3.05) is 38.7 Å². The van der Waals surface area contributed by atoms with E-state index in [1.165, 1.54) is 62.6 Å². The largest absolute Gasteiger partial charge is 0.495 e. The van der Waals surface area contributed by atoms with Crippen molar-refractivity contribution >= 4 is 62.3 Å². The minimum atomic E-state index is -4.48. The summed E-state index contributed by atoms with van der Waals surface area (Å²) in [5, 5.41) is 3.54. The normalized spacial score (nSPS) is 11.8. The predicted molar refractivity (Wildman–Crippen MR) is 172 cm³/mol. The summed E-state index contributed by atoms with van der Waals surface area (Å²) >= 11 is 19.1. The van der Waals surface area contributed by atoms with Crippen LogP contribution in [0.15, 0.2) is 59.5 Å². The minimum absolute atomic E-state index is 0.00180. The van der Waals surface area contributed by atoms with Crippen molar-refractivity contribution in [2.45, 2.75) is 37.8 Å². The van der Waals surface area contributed by atoms with Gasteiger partial charge in [-0.2, -0.15) is 0 Å². The molecule has 0 saturated heterocycles. The number of hydrogen-bond acceptors (Lipinski definition) is 7. The molecule has 1 unspecified atom stereocenters.